The van der Waals surface area contributed by atoms with Gasteiger partial charge in [0.2, 0.25) is 0 Å². The van der Waals surface area contributed by atoms with E-state index in [-0.39, 0.29) is 5.79 Å². The number of amides is 1. The summed E-state index contributed by atoms with van der Waals surface area (Å²) in [7, 11) is 0. The molecule has 2 aliphatic rings. The summed E-state index contributed by atoms with van der Waals surface area (Å²) in [5, 5.41) is 2.63. The van der Waals surface area contributed by atoms with E-state index in [2.05, 4.69) is 15.2 Å². The van der Waals surface area contributed by atoms with Crippen LogP contribution in [0.3, 0.4) is 0 Å². The standard InChI is InChI=1S/C15H21N3O4/c1-2-20-14(19)17-12-3-4-13(16-11-12)18-7-5-15(6-8-18)21-9-10-22-15/h3-4,11H,2,5-10H2,1H3,(H,17,19). The number of rotatable bonds is 3. The lowest BCUT2D eigenvalue weighted by Crippen LogP contribution is -2.45. The highest BCUT2D eigenvalue weighted by Crippen LogP contribution is 2.32. The maximum atomic E-state index is 11.3. The second kappa shape index (κ2) is 6.50. The molecule has 2 fully saturated rings. The van der Waals surface area contributed by atoms with Gasteiger partial charge in [-0.05, 0) is 19.1 Å². The molecule has 1 N–H and O–H groups in total. The molecule has 0 unspecified atom stereocenters. The predicted octanol–water partition coefficient (Wildman–Crippen LogP) is 1.99. The molecule has 120 valence electrons. The molecule has 7 heteroatoms. The Kier molecular flexibility index (Phi) is 4.44. The average molecular weight is 307 g/mol. The van der Waals surface area contributed by atoms with Crippen molar-refractivity contribution < 1.29 is 19.0 Å². The topological polar surface area (TPSA) is 72.9 Å². The summed E-state index contributed by atoms with van der Waals surface area (Å²) in [4.78, 5) is 17.9. The fourth-order valence-corrected chi connectivity index (χ4v) is 2.79. The second-order valence-electron chi connectivity index (χ2n) is 5.35. The Balaban J connectivity index is 1.56. The van der Waals surface area contributed by atoms with Crippen LogP contribution in [0.4, 0.5) is 16.3 Å². The first-order valence-corrected chi connectivity index (χ1v) is 7.63. The molecule has 2 saturated heterocycles. The minimum Gasteiger partial charge on any atom is -0.450 e. The van der Waals surface area contributed by atoms with Crippen molar-refractivity contribution in [2.24, 2.45) is 0 Å². The number of hydrogen-bond acceptors (Lipinski definition) is 6. The van der Waals surface area contributed by atoms with E-state index in [1.807, 2.05) is 12.1 Å². The van der Waals surface area contributed by atoms with Gasteiger partial charge in [-0.2, -0.15) is 0 Å². The Morgan fingerprint density at radius 3 is 2.68 bits per heavy atom. The molecule has 22 heavy (non-hydrogen) atoms. The van der Waals surface area contributed by atoms with Gasteiger partial charge in [-0.25, -0.2) is 9.78 Å². The Hall–Kier alpha value is -1.86. The smallest absolute Gasteiger partial charge is 0.411 e. The van der Waals surface area contributed by atoms with Gasteiger partial charge in [0.05, 0.1) is 31.7 Å². The lowest BCUT2D eigenvalue weighted by Gasteiger charge is -2.38. The normalized spacial score (nSPS) is 20.1. The molecule has 0 saturated carbocycles. The quantitative estimate of drug-likeness (QED) is 0.920. The van der Waals surface area contributed by atoms with Crippen LogP contribution in [-0.2, 0) is 14.2 Å². The van der Waals surface area contributed by atoms with Gasteiger partial charge in [0.25, 0.3) is 0 Å². The molecule has 0 aromatic carbocycles. The third-order valence-corrected chi connectivity index (χ3v) is 3.93. The van der Waals surface area contributed by atoms with Gasteiger partial charge in [-0.1, -0.05) is 0 Å². The number of nitrogens with one attached hydrogen (secondary N) is 1. The monoisotopic (exact) mass is 307 g/mol. The van der Waals surface area contributed by atoms with Gasteiger partial charge in [0.15, 0.2) is 5.79 Å². The minimum absolute atomic E-state index is 0.344. The van der Waals surface area contributed by atoms with Gasteiger partial charge in [0.1, 0.15) is 5.82 Å². The van der Waals surface area contributed by atoms with Crippen LogP contribution >= 0.6 is 0 Å². The molecule has 2 aliphatic heterocycles. The molecule has 0 bridgehead atoms. The van der Waals surface area contributed by atoms with Crippen molar-refractivity contribution in [3.63, 3.8) is 0 Å². The van der Waals surface area contributed by atoms with Gasteiger partial charge in [-0.3, -0.25) is 5.32 Å². The summed E-state index contributed by atoms with van der Waals surface area (Å²) in [6, 6.07) is 3.72. The maximum Gasteiger partial charge on any atom is 0.411 e. The van der Waals surface area contributed by atoms with Crippen molar-refractivity contribution in [1.82, 2.24) is 4.98 Å². The SMILES string of the molecule is CCOC(=O)Nc1ccc(N2CCC3(CC2)OCCO3)nc1. The largest absolute Gasteiger partial charge is 0.450 e. The van der Waals surface area contributed by atoms with Crippen LogP contribution in [0.2, 0.25) is 0 Å². The molecule has 1 amide bonds. The van der Waals surface area contributed by atoms with E-state index in [9.17, 15) is 4.79 Å². The molecule has 0 atom stereocenters. The molecule has 1 aromatic heterocycles. The summed E-state index contributed by atoms with van der Waals surface area (Å²) >= 11 is 0. The van der Waals surface area contributed by atoms with Gasteiger partial charge < -0.3 is 19.1 Å². The van der Waals surface area contributed by atoms with Crippen LogP contribution in [0.15, 0.2) is 18.3 Å². The number of anilines is 2. The number of hydrogen-bond donors (Lipinski definition) is 1. The van der Waals surface area contributed by atoms with E-state index < -0.39 is 6.09 Å². The molecule has 3 rings (SSSR count). The fourth-order valence-electron chi connectivity index (χ4n) is 2.79. The Morgan fingerprint density at radius 2 is 2.09 bits per heavy atom. The number of carbonyl (C=O) groups excluding carboxylic acids is 1. The van der Waals surface area contributed by atoms with Gasteiger partial charge in [-0.15, -0.1) is 0 Å². The number of ether oxygens (including phenoxy) is 3. The van der Waals surface area contributed by atoms with Crippen molar-refractivity contribution in [3.05, 3.63) is 18.3 Å². The van der Waals surface area contributed by atoms with Crippen molar-refractivity contribution >= 4 is 17.6 Å². The molecular formula is C15H21N3O4. The summed E-state index contributed by atoms with van der Waals surface area (Å²) in [6.45, 7) is 5.17. The number of pyridine rings is 1. The maximum absolute atomic E-state index is 11.3. The first kappa shape index (κ1) is 15.1. The molecule has 3 heterocycles. The number of nitrogens with zero attached hydrogens (tertiary/aromatic N) is 2. The first-order chi connectivity index (χ1) is 10.7. The lowest BCUT2D eigenvalue weighted by atomic mass is 10.0. The third-order valence-electron chi connectivity index (χ3n) is 3.93. The Bertz CT molecular complexity index is 504. The minimum atomic E-state index is -0.465. The summed E-state index contributed by atoms with van der Waals surface area (Å²) in [6.07, 6.45) is 2.86. The number of aromatic nitrogens is 1. The highest BCUT2D eigenvalue weighted by Gasteiger charge is 2.39. The first-order valence-electron chi connectivity index (χ1n) is 7.63. The van der Waals surface area contributed by atoms with E-state index in [0.717, 1.165) is 31.7 Å². The zero-order valence-corrected chi connectivity index (χ0v) is 12.7. The summed E-state index contributed by atoms with van der Waals surface area (Å²) in [5.74, 6) is 0.518. The van der Waals surface area contributed by atoms with Crippen molar-refractivity contribution in [2.75, 3.05) is 43.1 Å². The highest BCUT2D eigenvalue weighted by atomic mass is 16.7. The van der Waals surface area contributed by atoms with Crippen LogP contribution in [0, 0.1) is 0 Å². The molecule has 1 aromatic rings. The molecular weight excluding hydrogens is 286 g/mol. The van der Waals surface area contributed by atoms with Crippen LogP contribution in [0.25, 0.3) is 0 Å². The predicted molar refractivity (Wildman–Crippen MR) is 81.0 cm³/mol. The molecule has 7 nitrogen and oxygen atoms in total. The van der Waals surface area contributed by atoms with Gasteiger partial charge >= 0.3 is 6.09 Å². The van der Waals surface area contributed by atoms with E-state index in [0.29, 0.717) is 25.5 Å². The van der Waals surface area contributed by atoms with Crippen molar-refractivity contribution in [2.45, 2.75) is 25.6 Å². The average Bonchev–Trinajstić information content (AvgIpc) is 2.97. The third kappa shape index (κ3) is 3.31. The van der Waals surface area contributed by atoms with E-state index in [4.69, 9.17) is 14.2 Å². The van der Waals surface area contributed by atoms with Crippen LogP contribution < -0.4 is 10.2 Å². The Morgan fingerprint density at radius 1 is 1.36 bits per heavy atom. The van der Waals surface area contributed by atoms with Crippen LogP contribution in [0.1, 0.15) is 19.8 Å². The Labute approximate surface area is 129 Å². The van der Waals surface area contributed by atoms with Gasteiger partial charge in [0, 0.05) is 25.9 Å². The van der Waals surface area contributed by atoms with Crippen molar-refractivity contribution in [3.8, 4) is 0 Å². The van der Waals surface area contributed by atoms with Crippen LogP contribution in [0.5, 0.6) is 0 Å². The number of piperidine rings is 1. The van der Waals surface area contributed by atoms with E-state index in [1.165, 1.54) is 0 Å². The lowest BCUT2D eigenvalue weighted by molar-refractivity contribution is -0.169. The molecule has 0 aliphatic carbocycles. The zero-order chi connectivity index (χ0) is 15.4. The van der Waals surface area contributed by atoms with E-state index >= 15 is 0 Å². The van der Waals surface area contributed by atoms with E-state index in [1.54, 1.807) is 13.1 Å². The molecule has 1 spiro atoms. The van der Waals surface area contributed by atoms with Crippen LogP contribution in [-0.4, -0.2) is 49.8 Å². The highest BCUT2D eigenvalue weighted by molar-refractivity contribution is 5.84. The summed E-state index contributed by atoms with van der Waals surface area (Å²) < 4.78 is 16.3. The summed E-state index contributed by atoms with van der Waals surface area (Å²) in [5.41, 5.74) is 0.623. The fraction of sp³-hybridized carbons (Fsp3) is 0.600. The zero-order valence-electron chi connectivity index (χ0n) is 12.7. The molecule has 0 radical (unpaired) electrons. The number of carbonyl (C=O) groups is 1. The second-order valence-corrected chi connectivity index (χ2v) is 5.35. The van der Waals surface area contributed by atoms with Crippen molar-refractivity contribution in [1.29, 1.82) is 0 Å².